The number of unbranched alkanes of at least 4 members (excludes halogenated alkanes) is 22. The van der Waals surface area contributed by atoms with Gasteiger partial charge < -0.3 is 13.5 Å². The Morgan fingerprint density at radius 2 is 0.821 bits per heavy atom. The Morgan fingerprint density at radius 3 is 1.10 bits per heavy atom. The first-order chi connectivity index (χ1) is 18.9. The highest BCUT2D eigenvalue weighted by Gasteiger charge is 2.33. The standard InChI is InChI=1S/C34H71NO3P/c1-6-9-11-13-15-17-19-21-23-25-27-29-32-37-39(36,34-35(4,5)31-8-3)38-33-30-28-26-24-22-20-18-16-14-12-10-7-2/h8H,3,6-7,9-34H2,1-2,4-5H3/q+1. The fourth-order valence-electron chi connectivity index (χ4n) is 5.29. The number of rotatable bonds is 32. The number of nitrogens with zero attached hydrogens (tertiary/aromatic N) is 1. The van der Waals surface area contributed by atoms with Crippen molar-refractivity contribution in [3.63, 3.8) is 0 Å². The second-order valence-corrected chi connectivity index (χ2v) is 14.6. The first-order valence-electron chi connectivity index (χ1n) is 17.2. The van der Waals surface area contributed by atoms with Gasteiger partial charge in [-0.05, 0) is 18.9 Å². The normalized spacial score (nSPS) is 12.3. The maximum absolute atomic E-state index is 13.6. The first kappa shape index (κ1) is 38.9. The molecular weight excluding hydrogens is 501 g/mol. The van der Waals surface area contributed by atoms with Gasteiger partial charge in [0.25, 0.3) is 0 Å². The summed E-state index contributed by atoms with van der Waals surface area (Å²) in [7, 11) is 1.05. The molecule has 0 aliphatic rings. The summed E-state index contributed by atoms with van der Waals surface area (Å²) in [5.41, 5.74) is 0. The highest BCUT2D eigenvalue weighted by Crippen LogP contribution is 2.50. The quantitative estimate of drug-likeness (QED) is 0.0348. The van der Waals surface area contributed by atoms with Gasteiger partial charge in [0.1, 0.15) is 0 Å². The molecule has 0 bridgehead atoms. The van der Waals surface area contributed by atoms with Crippen LogP contribution < -0.4 is 0 Å². The van der Waals surface area contributed by atoms with Crippen molar-refractivity contribution in [2.75, 3.05) is 40.1 Å². The van der Waals surface area contributed by atoms with E-state index < -0.39 is 7.60 Å². The fraction of sp³-hybridized carbons (Fsp3) is 0.941. The molecule has 4 nitrogen and oxygen atoms in total. The average Bonchev–Trinajstić information content (AvgIpc) is 2.89. The molecule has 0 radical (unpaired) electrons. The molecule has 0 fully saturated rings. The van der Waals surface area contributed by atoms with Gasteiger partial charge in [-0.2, -0.15) is 0 Å². The van der Waals surface area contributed by atoms with E-state index in [1.807, 2.05) is 6.08 Å². The van der Waals surface area contributed by atoms with Gasteiger partial charge in [-0.3, -0.25) is 4.57 Å². The number of likely N-dealkylation sites (N-methyl/N-ethyl adjacent to an activating group) is 1. The first-order valence-corrected chi connectivity index (χ1v) is 18.9. The molecule has 0 rings (SSSR count). The van der Waals surface area contributed by atoms with Crippen molar-refractivity contribution in [1.29, 1.82) is 0 Å². The number of hydrogen-bond acceptors (Lipinski definition) is 3. The Bertz CT molecular complexity index is 533. The van der Waals surface area contributed by atoms with Crippen molar-refractivity contribution in [3.8, 4) is 0 Å². The Morgan fingerprint density at radius 1 is 0.538 bits per heavy atom. The summed E-state index contributed by atoms with van der Waals surface area (Å²) in [6.07, 6.45) is 33.8. The molecule has 0 saturated heterocycles. The predicted molar refractivity (Wildman–Crippen MR) is 174 cm³/mol. The smallest absolute Gasteiger partial charge is 0.315 e. The Hall–Kier alpha value is -0.150. The van der Waals surface area contributed by atoms with E-state index in [4.69, 9.17) is 9.05 Å². The summed E-state index contributed by atoms with van der Waals surface area (Å²) in [5.74, 6) is 0. The van der Waals surface area contributed by atoms with Gasteiger partial charge in [0.2, 0.25) is 0 Å². The van der Waals surface area contributed by atoms with Gasteiger partial charge in [0.05, 0.1) is 33.9 Å². The van der Waals surface area contributed by atoms with Crippen LogP contribution >= 0.6 is 7.60 Å². The Balaban J connectivity index is 4.02. The van der Waals surface area contributed by atoms with E-state index >= 15 is 0 Å². The van der Waals surface area contributed by atoms with E-state index in [1.54, 1.807) is 0 Å². The molecule has 0 atom stereocenters. The van der Waals surface area contributed by atoms with Gasteiger partial charge in [0.15, 0.2) is 6.29 Å². The lowest BCUT2D eigenvalue weighted by Crippen LogP contribution is -2.40. The topological polar surface area (TPSA) is 35.5 Å². The second kappa shape index (κ2) is 28.0. The predicted octanol–water partition coefficient (Wildman–Crippen LogP) is 11.8. The molecule has 0 aliphatic heterocycles. The molecule has 234 valence electrons. The van der Waals surface area contributed by atoms with Crippen LogP contribution in [0, 0.1) is 0 Å². The van der Waals surface area contributed by atoms with Crippen molar-refractivity contribution in [2.24, 2.45) is 0 Å². The summed E-state index contributed by atoms with van der Waals surface area (Å²) in [6.45, 7) is 10.3. The lowest BCUT2D eigenvalue weighted by molar-refractivity contribution is -0.873. The van der Waals surface area contributed by atoms with Crippen LogP contribution in [0.15, 0.2) is 12.7 Å². The zero-order valence-electron chi connectivity index (χ0n) is 27.2. The van der Waals surface area contributed by atoms with Crippen LogP contribution in [0.25, 0.3) is 0 Å². The summed E-state index contributed by atoms with van der Waals surface area (Å²) < 4.78 is 26.2. The second-order valence-electron chi connectivity index (χ2n) is 12.6. The van der Waals surface area contributed by atoms with E-state index in [0.717, 1.165) is 32.2 Å². The molecule has 0 aliphatic carbocycles. The van der Waals surface area contributed by atoms with E-state index in [-0.39, 0.29) is 0 Å². The summed E-state index contributed by atoms with van der Waals surface area (Å²) in [6, 6.07) is 0. The molecule has 0 unspecified atom stereocenters. The van der Waals surface area contributed by atoms with Crippen LogP contribution in [0.2, 0.25) is 0 Å². The van der Waals surface area contributed by atoms with E-state index in [2.05, 4.69) is 34.5 Å². The molecule has 0 saturated carbocycles. The van der Waals surface area contributed by atoms with Crippen LogP contribution in [0.4, 0.5) is 0 Å². The third-order valence-electron chi connectivity index (χ3n) is 7.75. The molecule has 0 heterocycles. The van der Waals surface area contributed by atoms with Crippen LogP contribution in [-0.2, 0) is 13.6 Å². The molecule has 0 N–H and O–H groups in total. The minimum atomic E-state index is -3.11. The van der Waals surface area contributed by atoms with E-state index in [9.17, 15) is 4.57 Å². The van der Waals surface area contributed by atoms with Gasteiger partial charge in [0, 0.05) is 0 Å². The van der Waals surface area contributed by atoms with Crippen molar-refractivity contribution in [3.05, 3.63) is 12.7 Å². The molecule has 0 aromatic heterocycles. The summed E-state index contributed by atoms with van der Waals surface area (Å²) >= 11 is 0. The third kappa shape index (κ3) is 27.8. The van der Waals surface area contributed by atoms with E-state index in [0.29, 0.717) is 24.0 Å². The summed E-state index contributed by atoms with van der Waals surface area (Å²) in [4.78, 5) is 0. The Kier molecular flexibility index (Phi) is 27.9. The van der Waals surface area contributed by atoms with Crippen molar-refractivity contribution >= 4 is 7.60 Å². The van der Waals surface area contributed by atoms with Crippen LogP contribution in [-0.4, -0.2) is 44.6 Å². The SMILES string of the molecule is C=CC[N+](C)(C)CP(=O)(OCCCCCCCCCCCCCC)OCCCCCCCCCCCCCC. The molecule has 0 aromatic carbocycles. The van der Waals surface area contributed by atoms with Crippen LogP contribution in [0.1, 0.15) is 168 Å². The number of hydrogen-bond donors (Lipinski definition) is 0. The van der Waals surface area contributed by atoms with Crippen molar-refractivity contribution < 1.29 is 18.1 Å². The fourth-order valence-corrected chi connectivity index (χ4v) is 7.39. The molecular formula is C34H71NO3P+. The van der Waals surface area contributed by atoms with Gasteiger partial charge in [-0.15, -0.1) is 0 Å². The maximum atomic E-state index is 13.6. The monoisotopic (exact) mass is 573 g/mol. The van der Waals surface area contributed by atoms with E-state index in [1.165, 1.54) is 128 Å². The minimum absolute atomic E-state index is 0.412. The van der Waals surface area contributed by atoms with Gasteiger partial charge >= 0.3 is 7.60 Å². The highest BCUT2D eigenvalue weighted by molar-refractivity contribution is 7.53. The lowest BCUT2D eigenvalue weighted by Gasteiger charge is -2.31. The van der Waals surface area contributed by atoms with Crippen LogP contribution in [0.5, 0.6) is 0 Å². The zero-order valence-corrected chi connectivity index (χ0v) is 28.1. The molecule has 5 heteroatoms. The van der Waals surface area contributed by atoms with Crippen molar-refractivity contribution in [1.82, 2.24) is 0 Å². The minimum Gasteiger partial charge on any atom is -0.315 e. The summed E-state index contributed by atoms with van der Waals surface area (Å²) in [5, 5.41) is 0. The van der Waals surface area contributed by atoms with Crippen LogP contribution in [0.3, 0.4) is 0 Å². The lowest BCUT2D eigenvalue weighted by atomic mass is 10.1. The molecule has 0 spiro atoms. The molecule has 39 heavy (non-hydrogen) atoms. The highest BCUT2D eigenvalue weighted by atomic mass is 31.2. The van der Waals surface area contributed by atoms with Gasteiger partial charge in [-0.25, -0.2) is 0 Å². The molecule has 0 amide bonds. The third-order valence-corrected chi connectivity index (χ3v) is 10.0. The zero-order chi connectivity index (χ0) is 28.9. The molecule has 0 aromatic rings. The van der Waals surface area contributed by atoms with Gasteiger partial charge in [-0.1, -0.05) is 162 Å². The maximum Gasteiger partial charge on any atom is 0.384 e. The number of quaternary nitrogens is 1. The Labute approximate surface area is 246 Å². The largest absolute Gasteiger partial charge is 0.384 e. The average molecular weight is 573 g/mol. The van der Waals surface area contributed by atoms with Crippen molar-refractivity contribution in [2.45, 2.75) is 168 Å².